The molecule has 0 N–H and O–H groups in total. The van der Waals surface area contributed by atoms with E-state index in [1.807, 2.05) is 35.2 Å². The van der Waals surface area contributed by atoms with Crippen LogP contribution in [0.5, 0.6) is 5.75 Å². The zero-order chi connectivity index (χ0) is 17.0. The third-order valence-corrected chi connectivity index (χ3v) is 6.10. The number of nitrogens with zero attached hydrogens (tertiary/aromatic N) is 2. The van der Waals surface area contributed by atoms with E-state index in [2.05, 4.69) is 11.0 Å². The van der Waals surface area contributed by atoms with Crippen molar-refractivity contribution in [2.24, 2.45) is 5.92 Å². The molecule has 2 bridgehead atoms. The molecule has 0 unspecified atom stereocenters. The standard InChI is InChI=1S/C20H22N2O3/c1-24-18-5-3-14-10-17(4-2-15(14)11-18)22-13-20(25-19(22)23)12-21-8-6-16(20)7-9-21/h2-5,10-11,16H,6-9,12-13H2,1H3/t20-/m1/s1. The average molecular weight is 338 g/mol. The molecule has 25 heavy (non-hydrogen) atoms. The monoisotopic (exact) mass is 338 g/mol. The zero-order valence-corrected chi connectivity index (χ0v) is 14.4. The minimum absolute atomic E-state index is 0.207. The first-order chi connectivity index (χ1) is 12.2. The van der Waals surface area contributed by atoms with E-state index < -0.39 is 0 Å². The molecule has 5 heteroatoms. The molecule has 2 aromatic rings. The maximum absolute atomic E-state index is 12.6. The van der Waals surface area contributed by atoms with Gasteiger partial charge in [-0.1, -0.05) is 12.1 Å². The second kappa shape index (κ2) is 5.36. The van der Waals surface area contributed by atoms with E-state index in [0.29, 0.717) is 12.5 Å². The largest absolute Gasteiger partial charge is 0.497 e. The second-order valence-corrected chi connectivity index (χ2v) is 7.47. The Labute approximate surface area is 147 Å². The van der Waals surface area contributed by atoms with Crippen LogP contribution in [0.3, 0.4) is 0 Å². The molecule has 5 nitrogen and oxygen atoms in total. The fraction of sp³-hybridized carbons (Fsp3) is 0.450. The third-order valence-electron chi connectivity index (χ3n) is 6.10. The Morgan fingerprint density at radius 3 is 2.56 bits per heavy atom. The smallest absolute Gasteiger partial charge is 0.415 e. The van der Waals surface area contributed by atoms with Crippen LogP contribution >= 0.6 is 0 Å². The van der Waals surface area contributed by atoms with Crippen LogP contribution in [0.4, 0.5) is 10.5 Å². The van der Waals surface area contributed by atoms with Gasteiger partial charge in [0.2, 0.25) is 0 Å². The topological polar surface area (TPSA) is 42.0 Å². The first-order valence-corrected chi connectivity index (χ1v) is 8.98. The van der Waals surface area contributed by atoms with E-state index in [1.165, 1.54) is 0 Å². The fourth-order valence-corrected chi connectivity index (χ4v) is 4.72. The lowest BCUT2D eigenvalue weighted by Gasteiger charge is -2.49. The number of anilines is 1. The summed E-state index contributed by atoms with van der Waals surface area (Å²) in [7, 11) is 1.67. The highest BCUT2D eigenvalue weighted by Crippen LogP contribution is 2.43. The van der Waals surface area contributed by atoms with Crippen molar-refractivity contribution < 1.29 is 14.3 Å². The Morgan fingerprint density at radius 1 is 1.08 bits per heavy atom. The number of carbonyl (C=O) groups excluding carboxylic acids is 1. The van der Waals surface area contributed by atoms with Crippen molar-refractivity contribution in [3.63, 3.8) is 0 Å². The van der Waals surface area contributed by atoms with Crippen LogP contribution in [0.25, 0.3) is 10.8 Å². The molecule has 6 rings (SSSR count). The van der Waals surface area contributed by atoms with E-state index in [0.717, 1.165) is 54.7 Å². The van der Waals surface area contributed by atoms with Crippen molar-refractivity contribution in [3.05, 3.63) is 36.4 Å². The highest BCUT2D eigenvalue weighted by atomic mass is 16.6. The van der Waals surface area contributed by atoms with Crippen molar-refractivity contribution in [1.29, 1.82) is 0 Å². The molecule has 4 fully saturated rings. The number of methoxy groups -OCH3 is 1. The van der Waals surface area contributed by atoms with Gasteiger partial charge in [-0.05, 0) is 61.0 Å². The lowest BCUT2D eigenvalue weighted by atomic mass is 9.75. The summed E-state index contributed by atoms with van der Waals surface area (Å²) >= 11 is 0. The van der Waals surface area contributed by atoms with Crippen LogP contribution < -0.4 is 9.64 Å². The summed E-state index contributed by atoms with van der Waals surface area (Å²) in [6.07, 6.45) is 2.07. The first kappa shape index (κ1) is 15.0. The third kappa shape index (κ3) is 2.29. The summed E-state index contributed by atoms with van der Waals surface area (Å²) in [6, 6.07) is 12.1. The lowest BCUT2D eigenvalue weighted by molar-refractivity contribution is -0.0881. The van der Waals surface area contributed by atoms with E-state index in [4.69, 9.17) is 9.47 Å². The molecule has 130 valence electrons. The molecular weight excluding hydrogens is 316 g/mol. The Hall–Kier alpha value is -2.27. The van der Waals surface area contributed by atoms with Crippen LogP contribution in [0, 0.1) is 5.92 Å². The predicted molar refractivity (Wildman–Crippen MR) is 96.2 cm³/mol. The second-order valence-electron chi connectivity index (χ2n) is 7.47. The highest BCUT2D eigenvalue weighted by molar-refractivity contribution is 5.95. The molecule has 0 radical (unpaired) electrons. The number of benzene rings is 2. The highest BCUT2D eigenvalue weighted by Gasteiger charge is 2.55. The number of rotatable bonds is 2. The quantitative estimate of drug-likeness (QED) is 0.843. The van der Waals surface area contributed by atoms with Gasteiger partial charge in [0.1, 0.15) is 11.4 Å². The summed E-state index contributed by atoms with van der Waals surface area (Å²) in [4.78, 5) is 16.9. The molecule has 4 aliphatic heterocycles. The molecule has 4 aliphatic rings. The van der Waals surface area contributed by atoms with Gasteiger partial charge in [-0.2, -0.15) is 0 Å². The molecule has 4 saturated heterocycles. The van der Waals surface area contributed by atoms with Gasteiger partial charge in [0.15, 0.2) is 0 Å². The number of ether oxygens (including phenoxy) is 2. The Kier molecular flexibility index (Phi) is 3.22. The zero-order valence-electron chi connectivity index (χ0n) is 14.4. The predicted octanol–water partition coefficient (Wildman–Crippen LogP) is 3.27. The fourth-order valence-electron chi connectivity index (χ4n) is 4.72. The molecule has 4 heterocycles. The van der Waals surface area contributed by atoms with Gasteiger partial charge in [-0.25, -0.2) is 4.79 Å². The summed E-state index contributed by atoms with van der Waals surface area (Å²) in [5.74, 6) is 1.34. The number of carbonyl (C=O) groups is 1. The summed E-state index contributed by atoms with van der Waals surface area (Å²) in [5.41, 5.74) is 0.596. The van der Waals surface area contributed by atoms with E-state index >= 15 is 0 Å². The number of piperidine rings is 3. The molecule has 1 amide bonds. The van der Waals surface area contributed by atoms with Gasteiger partial charge in [-0.3, -0.25) is 9.80 Å². The molecular formula is C20H22N2O3. The number of hydrogen-bond acceptors (Lipinski definition) is 4. The molecule has 1 atom stereocenters. The summed E-state index contributed by atoms with van der Waals surface area (Å²) in [6.45, 7) is 3.82. The van der Waals surface area contributed by atoms with Crippen molar-refractivity contribution in [2.45, 2.75) is 18.4 Å². The lowest BCUT2D eigenvalue weighted by Crippen LogP contribution is -2.61. The van der Waals surface area contributed by atoms with Crippen LogP contribution in [0.2, 0.25) is 0 Å². The first-order valence-electron chi connectivity index (χ1n) is 8.98. The SMILES string of the molecule is COc1ccc2cc(N3C[C@@]4(CN5CCC4CC5)OC3=O)ccc2c1. The van der Waals surface area contributed by atoms with E-state index in [9.17, 15) is 4.79 Å². The number of hydrogen-bond donors (Lipinski definition) is 0. The minimum Gasteiger partial charge on any atom is -0.497 e. The van der Waals surface area contributed by atoms with Crippen LogP contribution in [-0.2, 0) is 4.74 Å². The van der Waals surface area contributed by atoms with Gasteiger partial charge in [0.05, 0.1) is 13.7 Å². The van der Waals surface area contributed by atoms with E-state index in [1.54, 1.807) is 7.11 Å². The summed E-state index contributed by atoms with van der Waals surface area (Å²) < 4.78 is 11.2. The Morgan fingerprint density at radius 2 is 1.84 bits per heavy atom. The van der Waals surface area contributed by atoms with Gasteiger partial charge in [0.25, 0.3) is 0 Å². The Bertz CT molecular complexity index is 844. The maximum atomic E-state index is 12.6. The van der Waals surface area contributed by atoms with Gasteiger partial charge >= 0.3 is 6.09 Å². The van der Waals surface area contributed by atoms with Gasteiger partial charge < -0.3 is 9.47 Å². The van der Waals surface area contributed by atoms with Crippen molar-refractivity contribution in [1.82, 2.24) is 4.90 Å². The Balaban J connectivity index is 1.47. The number of amides is 1. The maximum Gasteiger partial charge on any atom is 0.415 e. The molecule has 0 saturated carbocycles. The van der Waals surface area contributed by atoms with Gasteiger partial charge in [0, 0.05) is 18.2 Å². The normalized spacial score (nSPS) is 30.9. The molecule has 0 aromatic heterocycles. The van der Waals surface area contributed by atoms with Crippen LogP contribution in [0.15, 0.2) is 36.4 Å². The van der Waals surface area contributed by atoms with Crippen molar-refractivity contribution in [2.75, 3.05) is 38.2 Å². The van der Waals surface area contributed by atoms with Gasteiger partial charge in [-0.15, -0.1) is 0 Å². The number of fused-ring (bicyclic) bond motifs is 3. The minimum atomic E-state index is -0.317. The van der Waals surface area contributed by atoms with Crippen LogP contribution in [-0.4, -0.2) is 49.9 Å². The molecule has 0 aliphatic carbocycles. The van der Waals surface area contributed by atoms with Crippen molar-refractivity contribution in [3.8, 4) is 5.75 Å². The molecule has 2 aromatic carbocycles. The van der Waals surface area contributed by atoms with Crippen LogP contribution in [0.1, 0.15) is 12.8 Å². The molecule has 1 spiro atoms. The average Bonchev–Trinajstić information content (AvgIpc) is 2.97. The van der Waals surface area contributed by atoms with E-state index in [-0.39, 0.29) is 11.7 Å². The summed E-state index contributed by atoms with van der Waals surface area (Å²) in [5, 5.41) is 2.20. The van der Waals surface area contributed by atoms with Crippen molar-refractivity contribution >= 4 is 22.6 Å².